The van der Waals surface area contributed by atoms with E-state index in [-0.39, 0.29) is 12.8 Å². The number of benzene rings is 2. The predicted molar refractivity (Wildman–Crippen MR) is 111 cm³/mol. The van der Waals surface area contributed by atoms with Gasteiger partial charge in [-0.15, -0.1) is 0 Å². The van der Waals surface area contributed by atoms with Crippen molar-refractivity contribution in [2.75, 3.05) is 12.4 Å². The summed E-state index contributed by atoms with van der Waals surface area (Å²) in [7, 11) is 1.57. The molecule has 0 radical (unpaired) electrons. The van der Waals surface area contributed by atoms with Crippen LogP contribution >= 0.6 is 0 Å². The van der Waals surface area contributed by atoms with Crippen LogP contribution in [0.1, 0.15) is 33.6 Å². The summed E-state index contributed by atoms with van der Waals surface area (Å²) in [6, 6.07) is 10.0. The Balaban J connectivity index is 2.18. The first-order valence-corrected chi connectivity index (χ1v) is 9.24. The van der Waals surface area contributed by atoms with Crippen LogP contribution in [0.5, 0.6) is 5.75 Å². The Morgan fingerprint density at radius 3 is 2.48 bits per heavy atom. The first kappa shape index (κ1) is 22.0. The van der Waals surface area contributed by atoms with Crippen LogP contribution in [0.3, 0.4) is 0 Å². The van der Waals surface area contributed by atoms with Crippen LogP contribution in [0.4, 0.5) is 10.5 Å². The molecule has 29 heavy (non-hydrogen) atoms. The molecule has 0 bridgehead atoms. The van der Waals surface area contributed by atoms with E-state index in [1.165, 1.54) is 0 Å². The number of hydrogen-bond donors (Lipinski definition) is 3. The highest BCUT2D eigenvalue weighted by Crippen LogP contribution is 2.28. The Kier molecular flexibility index (Phi) is 7.03. The largest absolute Gasteiger partial charge is 0.496 e. The molecule has 2 rings (SSSR count). The molecule has 0 saturated heterocycles. The molecule has 0 spiro atoms. The van der Waals surface area contributed by atoms with Crippen LogP contribution in [0.25, 0.3) is 10.8 Å². The molecular formula is C21H27N3O5. The van der Waals surface area contributed by atoms with Gasteiger partial charge in [-0.05, 0) is 50.8 Å². The number of anilines is 1. The number of primary amides is 1. The third-order valence-corrected chi connectivity index (χ3v) is 4.02. The third-order valence-electron chi connectivity index (χ3n) is 4.02. The van der Waals surface area contributed by atoms with Crippen LogP contribution in [-0.2, 0) is 14.3 Å². The molecule has 0 fully saturated rings. The minimum atomic E-state index is -0.981. The van der Waals surface area contributed by atoms with Gasteiger partial charge in [0, 0.05) is 17.5 Å². The summed E-state index contributed by atoms with van der Waals surface area (Å²) in [5.74, 6) is -0.369. The van der Waals surface area contributed by atoms with Gasteiger partial charge < -0.3 is 25.8 Å². The molecule has 156 valence electrons. The molecule has 0 aliphatic heterocycles. The van der Waals surface area contributed by atoms with E-state index in [4.69, 9.17) is 15.2 Å². The minimum Gasteiger partial charge on any atom is -0.496 e. The van der Waals surface area contributed by atoms with E-state index in [2.05, 4.69) is 10.6 Å². The molecule has 3 amide bonds. The summed E-state index contributed by atoms with van der Waals surface area (Å²) in [6.45, 7) is 5.15. The number of fused-ring (bicyclic) bond motifs is 1. The summed E-state index contributed by atoms with van der Waals surface area (Å²) < 4.78 is 10.6. The van der Waals surface area contributed by atoms with Crippen molar-refractivity contribution in [3.8, 4) is 5.75 Å². The number of carbonyl (C=O) groups is 3. The van der Waals surface area contributed by atoms with E-state index < -0.39 is 29.6 Å². The fraction of sp³-hybridized carbons (Fsp3) is 0.381. The van der Waals surface area contributed by atoms with Crippen LogP contribution in [0, 0.1) is 0 Å². The number of nitrogens with one attached hydrogen (secondary N) is 2. The Labute approximate surface area is 169 Å². The lowest BCUT2D eigenvalue weighted by atomic mass is 10.1. The van der Waals surface area contributed by atoms with Gasteiger partial charge >= 0.3 is 6.09 Å². The number of alkyl carbamates (subject to hydrolysis) is 1. The molecule has 2 aromatic rings. The van der Waals surface area contributed by atoms with Crippen LogP contribution in [0.15, 0.2) is 36.4 Å². The van der Waals surface area contributed by atoms with Crippen LogP contribution < -0.4 is 21.1 Å². The zero-order valence-electron chi connectivity index (χ0n) is 17.1. The highest BCUT2D eigenvalue weighted by Gasteiger charge is 2.25. The molecule has 0 saturated carbocycles. The average Bonchev–Trinajstić information content (AvgIpc) is 2.62. The van der Waals surface area contributed by atoms with Crippen LogP contribution in [-0.4, -0.2) is 36.7 Å². The second-order valence-electron chi connectivity index (χ2n) is 7.59. The average molecular weight is 401 g/mol. The molecule has 8 nitrogen and oxygen atoms in total. The lowest BCUT2D eigenvalue weighted by Crippen LogP contribution is -2.46. The van der Waals surface area contributed by atoms with Crippen molar-refractivity contribution in [3.05, 3.63) is 36.4 Å². The summed E-state index contributed by atoms with van der Waals surface area (Å²) in [5.41, 5.74) is 5.00. The number of ether oxygens (including phenoxy) is 2. The first-order chi connectivity index (χ1) is 13.6. The molecule has 2 aromatic carbocycles. The maximum absolute atomic E-state index is 12.8. The normalized spacial score (nSPS) is 12.1. The molecule has 1 atom stereocenters. The van der Waals surface area contributed by atoms with Gasteiger partial charge in [-0.3, -0.25) is 9.59 Å². The van der Waals surface area contributed by atoms with Gasteiger partial charge in [0.05, 0.1) is 7.11 Å². The third kappa shape index (κ3) is 6.67. The van der Waals surface area contributed by atoms with Gasteiger partial charge in [0.15, 0.2) is 0 Å². The zero-order valence-corrected chi connectivity index (χ0v) is 17.1. The van der Waals surface area contributed by atoms with Crippen molar-refractivity contribution in [3.63, 3.8) is 0 Å². The highest BCUT2D eigenvalue weighted by atomic mass is 16.6. The molecule has 0 aliphatic carbocycles. The van der Waals surface area contributed by atoms with Crippen molar-refractivity contribution >= 4 is 34.4 Å². The summed E-state index contributed by atoms with van der Waals surface area (Å²) in [4.78, 5) is 36.0. The number of amides is 3. The topological polar surface area (TPSA) is 120 Å². The Morgan fingerprint density at radius 1 is 1.14 bits per heavy atom. The number of carbonyl (C=O) groups excluding carboxylic acids is 3. The predicted octanol–water partition coefficient (Wildman–Crippen LogP) is 2.95. The van der Waals surface area contributed by atoms with Gasteiger partial charge in [0.1, 0.15) is 17.4 Å². The standard InChI is InChI=1S/C21H27N3O5/c1-21(2,3)29-20(27)24-16(10-11-18(22)25)19(26)23-14-9-8-13-6-5-7-17(28-4)15(13)12-14/h5-9,12,16H,10-11H2,1-4H3,(H2,22,25)(H,23,26)(H,24,27)/t16-/m0/s1. The second-order valence-corrected chi connectivity index (χ2v) is 7.59. The lowest BCUT2D eigenvalue weighted by Gasteiger charge is -2.23. The Bertz CT molecular complexity index is 905. The van der Waals surface area contributed by atoms with E-state index in [0.29, 0.717) is 11.4 Å². The van der Waals surface area contributed by atoms with E-state index in [9.17, 15) is 14.4 Å². The first-order valence-electron chi connectivity index (χ1n) is 9.24. The van der Waals surface area contributed by atoms with E-state index in [1.54, 1.807) is 40.0 Å². The van der Waals surface area contributed by atoms with Gasteiger partial charge in [-0.1, -0.05) is 18.2 Å². The van der Waals surface area contributed by atoms with Crippen molar-refractivity contribution in [1.29, 1.82) is 0 Å². The molecule has 8 heteroatoms. The maximum Gasteiger partial charge on any atom is 0.408 e. The minimum absolute atomic E-state index is 0.0529. The molecule has 0 aromatic heterocycles. The number of nitrogens with two attached hydrogens (primary N) is 1. The Morgan fingerprint density at radius 2 is 1.86 bits per heavy atom. The molecular weight excluding hydrogens is 374 g/mol. The van der Waals surface area contributed by atoms with Crippen molar-refractivity contribution < 1.29 is 23.9 Å². The number of hydrogen-bond acceptors (Lipinski definition) is 5. The van der Waals surface area contributed by atoms with E-state index >= 15 is 0 Å². The zero-order chi connectivity index (χ0) is 21.6. The van der Waals surface area contributed by atoms with Gasteiger partial charge in [0.25, 0.3) is 0 Å². The van der Waals surface area contributed by atoms with Crippen molar-refractivity contribution in [1.82, 2.24) is 5.32 Å². The second kappa shape index (κ2) is 9.27. The number of rotatable bonds is 7. The fourth-order valence-electron chi connectivity index (χ4n) is 2.73. The van der Waals surface area contributed by atoms with E-state index in [1.807, 2.05) is 24.3 Å². The lowest BCUT2D eigenvalue weighted by molar-refractivity contribution is -0.119. The van der Waals surface area contributed by atoms with Gasteiger partial charge in [-0.25, -0.2) is 4.79 Å². The smallest absolute Gasteiger partial charge is 0.408 e. The molecule has 0 heterocycles. The number of methoxy groups -OCH3 is 1. The molecule has 0 unspecified atom stereocenters. The van der Waals surface area contributed by atoms with Crippen molar-refractivity contribution in [2.24, 2.45) is 5.73 Å². The van der Waals surface area contributed by atoms with Crippen LogP contribution in [0.2, 0.25) is 0 Å². The Hall–Kier alpha value is -3.29. The van der Waals surface area contributed by atoms with Gasteiger partial charge in [0.2, 0.25) is 11.8 Å². The monoisotopic (exact) mass is 401 g/mol. The fourth-order valence-corrected chi connectivity index (χ4v) is 2.73. The quantitative estimate of drug-likeness (QED) is 0.659. The SMILES string of the molecule is COc1cccc2ccc(NC(=O)[C@H](CCC(N)=O)NC(=O)OC(C)(C)C)cc12. The molecule has 4 N–H and O–H groups in total. The van der Waals surface area contributed by atoms with E-state index in [0.717, 1.165) is 10.8 Å². The summed E-state index contributed by atoms with van der Waals surface area (Å²) >= 11 is 0. The summed E-state index contributed by atoms with van der Waals surface area (Å²) in [6.07, 6.45) is -0.751. The summed E-state index contributed by atoms with van der Waals surface area (Å²) in [5, 5.41) is 7.06. The van der Waals surface area contributed by atoms with Gasteiger partial charge in [-0.2, -0.15) is 0 Å². The van der Waals surface area contributed by atoms with Crippen molar-refractivity contribution in [2.45, 2.75) is 45.3 Å². The maximum atomic E-state index is 12.8. The highest BCUT2D eigenvalue weighted by molar-refractivity contribution is 5.99. The molecule has 0 aliphatic rings.